The number of aromatic nitrogens is 2. The van der Waals surface area contributed by atoms with E-state index in [0.29, 0.717) is 17.9 Å². The zero-order valence-corrected chi connectivity index (χ0v) is 9.41. The summed E-state index contributed by atoms with van der Waals surface area (Å²) in [5, 5.41) is 10.6. The van der Waals surface area contributed by atoms with E-state index >= 15 is 0 Å². The van der Waals surface area contributed by atoms with Crippen LogP contribution in [0.5, 0.6) is 0 Å². The highest BCUT2D eigenvalue weighted by atomic mass is 16.5. The van der Waals surface area contributed by atoms with Gasteiger partial charge in [-0.25, -0.2) is 0 Å². The van der Waals surface area contributed by atoms with E-state index in [0.717, 1.165) is 25.5 Å². The summed E-state index contributed by atoms with van der Waals surface area (Å²) in [5.41, 5.74) is 0. The Hall–Kier alpha value is -1.10. The van der Waals surface area contributed by atoms with Gasteiger partial charge in [0.05, 0.1) is 0 Å². The Morgan fingerprint density at radius 1 is 1.38 bits per heavy atom. The van der Waals surface area contributed by atoms with E-state index in [9.17, 15) is 0 Å². The molecule has 5 heteroatoms. The molecule has 1 saturated carbocycles. The smallest absolute Gasteiger partial charge is 0.321 e. The monoisotopic (exact) mass is 222 g/mol. The summed E-state index contributed by atoms with van der Waals surface area (Å²) in [6.45, 7) is 3.18. The summed E-state index contributed by atoms with van der Waals surface area (Å²) < 4.78 is 5.16. The molecule has 2 N–H and O–H groups in total. The van der Waals surface area contributed by atoms with Crippen LogP contribution in [0, 0.1) is 5.92 Å². The van der Waals surface area contributed by atoms with E-state index < -0.39 is 0 Å². The summed E-state index contributed by atoms with van der Waals surface area (Å²) in [5.74, 6) is 2.13. The number of piperidine rings is 1. The fraction of sp³-hybridized carbons (Fsp3) is 0.818. The first-order chi connectivity index (χ1) is 7.92. The van der Waals surface area contributed by atoms with Crippen LogP contribution < -0.4 is 10.6 Å². The Labute approximate surface area is 95.0 Å². The van der Waals surface area contributed by atoms with Crippen LogP contribution in [0.4, 0.5) is 6.01 Å². The van der Waals surface area contributed by atoms with Gasteiger partial charge in [-0.2, -0.15) is 4.98 Å². The maximum absolute atomic E-state index is 5.16. The molecule has 5 nitrogen and oxygen atoms in total. The Morgan fingerprint density at radius 3 is 3.06 bits per heavy atom. The molecule has 3 rings (SSSR count). The van der Waals surface area contributed by atoms with Crippen LogP contribution in [-0.2, 0) is 0 Å². The van der Waals surface area contributed by atoms with Gasteiger partial charge in [0.15, 0.2) is 5.82 Å². The Morgan fingerprint density at radius 2 is 2.31 bits per heavy atom. The lowest BCUT2D eigenvalue weighted by atomic mass is 10.00. The molecule has 16 heavy (non-hydrogen) atoms. The molecule has 1 aromatic rings. The SMILES string of the molecule is C1CNCC(CNc2nc(C3CC3)no2)C1. The Bertz CT molecular complexity index is 342. The van der Waals surface area contributed by atoms with Gasteiger partial charge < -0.3 is 15.2 Å². The van der Waals surface area contributed by atoms with Crippen molar-refractivity contribution < 1.29 is 4.52 Å². The number of nitrogens with one attached hydrogen (secondary N) is 2. The maximum Gasteiger partial charge on any atom is 0.321 e. The molecular weight excluding hydrogens is 204 g/mol. The third kappa shape index (κ3) is 2.35. The predicted molar refractivity (Wildman–Crippen MR) is 60.4 cm³/mol. The standard InChI is InChI=1S/C11H18N4O/c1-2-8(6-12-5-1)7-13-11-14-10(15-16-11)9-3-4-9/h8-9,12H,1-7H2,(H,13,14,15). The van der Waals surface area contributed by atoms with Crippen molar-refractivity contribution in [3.63, 3.8) is 0 Å². The second-order valence-electron chi connectivity index (χ2n) is 4.83. The normalized spacial score (nSPS) is 25.6. The lowest BCUT2D eigenvalue weighted by molar-refractivity contribution is 0.381. The maximum atomic E-state index is 5.16. The summed E-state index contributed by atoms with van der Waals surface area (Å²) >= 11 is 0. The molecule has 0 amide bonds. The van der Waals surface area contributed by atoms with Crippen molar-refractivity contribution in [1.29, 1.82) is 0 Å². The number of hydrogen-bond acceptors (Lipinski definition) is 5. The number of hydrogen-bond donors (Lipinski definition) is 2. The molecule has 2 fully saturated rings. The highest BCUT2D eigenvalue weighted by Crippen LogP contribution is 2.38. The van der Waals surface area contributed by atoms with Crippen LogP contribution in [-0.4, -0.2) is 29.8 Å². The first kappa shape index (κ1) is 10.1. The van der Waals surface area contributed by atoms with Gasteiger partial charge in [0.2, 0.25) is 0 Å². The molecule has 1 aromatic heterocycles. The van der Waals surface area contributed by atoms with Crippen LogP contribution in [0.2, 0.25) is 0 Å². The van der Waals surface area contributed by atoms with Gasteiger partial charge in [-0.3, -0.25) is 0 Å². The first-order valence-electron chi connectivity index (χ1n) is 6.20. The minimum absolute atomic E-state index is 0.565. The summed E-state index contributed by atoms with van der Waals surface area (Å²) in [6.07, 6.45) is 4.98. The van der Waals surface area contributed by atoms with Crippen LogP contribution in [0.1, 0.15) is 37.4 Å². The molecule has 1 aliphatic heterocycles. The van der Waals surface area contributed by atoms with Crippen molar-refractivity contribution in [3.8, 4) is 0 Å². The average molecular weight is 222 g/mol. The minimum atomic E-state index is 0.565. The molecule has 0 bridgehead atoms. The zero-order valence-electron chi connectivity index (χ0n) is 9.41. The number of rotatable bonds is 4. The van der Waals surface area contributed by atoms with Crippen LogP contribution >= 0.6 is 0 Å². The van der Waals surface area contributed by atoms with E-state index in [2.05, 4.69) is 20.8 Å². The molecule has 2 heterocycles. The van der Waals surface area contributed by atoms with Gasteiger partial charge in [0.1, 0.15) is 0 Å². The van der Waals surface area contributed by atoms with Crippen molar-refractivity contribution in [3.05, 3.63) is 5.82 Å². The van der Waals surface area contributed by atoms with E-state index in [4.69, 9.17) is 4.52 Å². The van der Waals surface area contributed by atoms with Crippen molar-refractivity contribution in [2.24, 2.45) is 5.92 Å². The summed E-state index contributed by atoms with van der Waals surface area (Å²) in [7, 11) is 0. The summed E-state index contributed by atoms with van der Waals surface area (Å²) in [4.78, 5) is 4.35. The van der Waals surface area contributed by atoms with Gasteiger partial charge in [-0.15, -0.1) is 0 Å². The summed E-state index contributed by atoms with van der Waals surface area (Å²) in [6, 6.07) is 0.590. The third-order valence-electron chi connectivity index (χ3n) is 3.33. The lowest BCUT2D eigenvalue weighted by Gasteiger charge is -2.22. The molecular formula is C11H18N4O. The predicted octanol–water partition coefficient (Wildman–Crippen LogP) is 1.36. The molecule has 1 unspecified atom stereocenters. The van der Waals surface area contributed by atoms with Gasteiger partial charge in [0.25, 0.3) is 0 Å². The van der Waals surface area contributed by atoms with Crippen molar-refractivity contribution in [1.82, 2.24) is 15.5 Å². The molecule has 1 aliphatic carbocycles. The molecule has 0 radical (unpaired) electrons. The fourth-order valence-electron chi connectivity index (χ4n) is 2.14. The van der Waals surface area contributed by atoms with Crippen LogP contribution in [0.15, 0.2) is 4.52 Å². The molecule has 1 atom stereocenters. The topological polar surface area (TPSA) is 63.0 Å². The van der Waals surface area contributed by atoms with Crippen LogP contribution in [0.3, 0.4) is 0 Å². The van der Waals surface area contributed by atoms with Crippen molar-refractivity contribution in [2.75, 3.05) is 25.0 Å². The van der Waals surface area contributed by atoms with Crippen molar-refractivity contribution >= 4 is 6.01 Å². The van der Waals surface area contributed by atoms with E-state index in [1.807, 2.05) is 0 Å². The second kappa shape index (κ2) is 4.41. The van der Waals surface area contributed by atoms with Crippen molar-refractivity contribution in [2.45, 2.75) is 31.6 Å². The lowest BCUT2D eigenvalue weighted by Crippen LogP contribution is -2.33. The van der Waals surface area contributed by atoms with Gasteiger partial charge >= 0.3 is 6.01 Å². The molecule has 1 saturated heterocycles. The van der Waals surface area contributed by atoms with E-state index in [-0.39, 0.29) is 0 Å². The quantitative estimate of drug-likeness (QED) is 0.805. The minimum Gasteiger partial charge on any atom is -0.337 e. The fourth-order valence-corrected chi connectivity index (χ4v) is 2.14. The molecule has 0 spiro atoms. The first-order valence-corrected chi connectivity index (χ1v) is 6.20. The number of nitrogens with zero attached hydrogens (tertiary/aromatic N) is 2. The third-order valence-corrected chi connectivity index (χ3v) is 3.33. The molecule has 88 valence electrons. The molecule has 2 aliphatic rings. The number of anilines is 1. The average Bonchev–Trinajstić information content (AvgIpc) is 3.08. The van der Waals surface area contributed by atoms with Gasteiger partial charge in [-0.05, 0) is 44.7 Å². The van der Waals surface area contributed by atoms with Crippen LogP contribution in [0.25, 0.3) is 0 Å². The highest BCUT2D eigenvalue weighted by molar-refractivity contribution is 5.20. The highest BCUT2D eigenvalue weighted by Gasteiger charge is 2.28. The van der Waals surface area contributed by atoms with E-state index in [1.165, 1.54) is 25.7 Å². The second-order valence-corrected chi connectivity index (χ2v) is 4.83. The Balaban J connectivity index is 1.49. The van der Waals surface area contributed by atoms with Gasteiger partial charge in [-0.1, -0.05) is 5.16 Å². The molecule has 0 aromatic carbocycles. The Kier molecular flexibility index (Phi) is 2.78. The van der Waals surface area contributed by atoms with Gasteiger partial charge in [0, 0.05) is 12.5 Å². The van der Waals surface area contributed by atoms with E-state index in [1.54, 1.807) is 0 Å². The zero-order chi connectivity index (χ0) is 10.8. The largest absolute Gasteiger partial charge is 0.337 e.